The lowest BCUT2D eigenvalue weighted by molar-refractivity contribution is -0.120. The van der Waals surface area contributed by atoms with Gasteiger partial charge in [0.25, 0.3) is 0 Å². The van der Waals surface area contributed by atoms with Crippen molar-refractivity contribution < 1.29 is 4.79 Å². The number of aryl methyl sites for hydroxylation is 2. The molecule has 0 aliphatic heterocycles. The molecule has 1 amide bonds. The zero-order valence-corrected chi connectivity index (χ0v) is 14.9. The van der Waals surface area contributed by atoms with Crippen molar-refractivity contribution in [3.63, 3.8) is 0 Å². The van der Waals surface area contributed by atoms with E-state index in [9.17, 15) is 4.79 Å². The molecule has 0 radical (unpaired) electrons. The van der Waals surface area contributed by atoms with Gasteiger partial charge in [0.2, 0.25) is 5.91 Å². The lowest BCUT2D eigenvalue weighted by atomic mass is 10.1. The van der Waals surface area contributed by atoms with Crippen molar-refractivity contribution in [2.75, 3.05) is 6.54 Å². The smallest absolute Gasteiger partial charge is 0.233 e. The molecule has 1 N–H and O–H groups in total. The second-order valence-electron chi connectivity index (χ2n) is 5.59. The van der Waals surface area contributed by atoms with Gasteiger partial charge in [0.05, 0.1) is 5.25 Å². The summed E-state index contributed by atoms with van der Waals surface area (Å²) in [6.07, 6.45) is 0.837. The standard InChI is InChI=1S/C18H23N3OS/c1-12-13(2)20-18(21-14(12)3)23-15(4)17(22)19-11-10-16-8-6-5-7-9-16/h5-9,15H,10-11H2,1-4H3,(H,19,22)/t15-/m0/s1. The van der Waals surface area contributed by atoms with Crippen molar-refractivity contribution in [1.29, 1.82) is 0 Å². The van der Waals surface area contributed by atoms with Gasteiger partial charge in [-0.1, -0.05) is 42.1 Å². The SMILES string of the molecule is Cc1nc(S[C@@H](C)C(=O)NCCc2ccccc2)nc(C)c1C. The Morgan fingerprint density at radius 3 is 2.35 bits per heavy atom. The van der Waals surface area contributed by atoms with Gasteiger partial charge in [-0.15, -0.1) is 0 Å². The summed E-state index contributed by atoms with van der Waals surface area (Å²) in [6.45, 7) is 8.48. The van der Waals surface area contributed by atoms with Gasteiger partial charge in [-0.2, -0.15) is 0 Å². The molecule has 4 nitrogen and oxygen atoms in total. The predicted molar refractivity (Wildman–Crippen MR) is 94.7 cm³/mol. The van der Waals surface area contributed by atoms with Crippen molar-refractivity contribution in [3.8, 4) is 0 Å². The normalized spacial score (nSPS) is 12.0. The van der Waals surface area contributed by atoms with E-state index < -0.39 is 0 Å². The van der Waals surface area contributed by atoms with Gasteiger partial charge in [-0.05, 0) is 45.2 Å². The maximum Gasteiger partial charge on any atom is 0.233 e. The molecule has 0 bridgehead atoms. The molecule has 1 aromatic heterocycles. The molecular formula is C18H23N3OS. The third-order valence-electron chi connectivity index (χ3n) is 3.82. The van der Waals surface area contributed by atoms with Gasteiger partial charge in [0.15, 0.2) is 5.16 Å². The first-order valence-electron chi connectivity index (χ1n) is 7.77. The molecule has 1 atom stereocenters. The number of carbonyl (C=O) groups is 1. The molecule has 1 heterocycles. The summed E-state index contributed by atoms with van der Waals surface area (Å²) in [4.78, 5) is 21.1. The van der Waals surface area contributed by atoms with Crippen LogP contribution in [0.25, 0.3) is 0 Å². The van der Waals surface area contributed by atoms with E-state index >= 15 is 0 Å². The number of nitrogens with one attached hydrogen (secondary N) is 1. The summed E-state index contributed by atoms with van der Waals surface area (Å²) in [5.41, 5.74) is 4.27. The Morgan fingerprint density at radius 2 is 1.74 bits per heavy atom. The Labute approximate surface area is 142 Å². The fourth-order valence-corrected chi connectivity index (χ4v) is 3.01. The number of thioether (sulfide) groups is 1. The lowest BCUT2D eigenvalue weighted by Crippen LogP contribution is -2.32. The van der Waals surface area contributed by atoms with Crippen LogP contribution in [0.5, 0.6) is 0 Å². The van der Waals surface area contributed by atoms with Gasteiger partial charge < -0.3 is 5.32 Å². The fourth-order valence-electron chi connectivity index (χ4n) is 2.12. The summed E-state index contributed by atoms with van der Waals surface area (Å²) < 4.78 is 0. The molecule has 0 aliphatic carbocycles. The summed E-state index contributed by atoms with van der Waals surface area (Å²) in [7, 11) is 0. The molecule has 2 aromatic rings. The van der Waals surface area contributed by atoms with Crippen molar-refractivity contribution in [2.24, 2.45) is 0 Å². The van der Waals surface area contributed by atoms with Crippen LogP contribution >= 0.6 is 11.8 Å². The first kappa shape index (κ1) is 17.5. The Morgan fingerprint density at radius 1 is 1.13 bits per heavy atom. The van der Waals surface area contributed by atoms with Crippen LogP contribution in [0.15, 0.2) is 35.5 Å². The highest BCUT2D eigenvalue weighted by atomic mass is 32.2. The van der Waals surface area contributed by atoms with Crippen molar-refractivity contribution in [3.05, 3.63) is 52.8 Å². The van der Waals surface area contributed by atoms with E-state index in [4.69, 9.17) is 0 Å². The summed E-state index contributed by atoms with van der Waals surface area (Å²) in [5.74, 6) is 0.0189. The highest BCUT2D eigenvalue weighted by Crippen LogP contribution is 2.21. The van der Waals surface area contributed by atoms with Crippen molar-refractivity contribution in [2.45, 2.75) is 44.5 Å². The van der Waals surface area contributed by atoms with E-state index in [1.807, 2.05) is 45.9 Å². The second-order valence-corrected chi connectivity index (χ2v) is 6.90. The average molecular weight is 329 g/mol. The van der Waals surface area contributed by atoms with Crippen LogP contribution in [-0.2, 0) is 11.2 Å². The van der Waals surface area contributed by atoms with Gasteiger partial charge in [-0.3, -0.25) is 4.79 Å². The van der Waals surface area contributed by atoms with Crippen LogP contribution in [0.4, 0.5) is 0 Å². The minimum atomic E-state index is -0.215. The molecule has 1 aromatic carbocycles. The monoisotopic (exact) mass is 329 g/mol. The van der Waals surface area contributed by atoms with Crippen LogP contribution in [-0.4, -0.2) is 27.7 Å². The lowest BCUT2D eigenvalue weighted by Gasteiger charge is -2.12. The number of rotatable bonds is 6. The highest BCUT2D eigenvalue weighted by Gasteiger charge is 2.16. The molecule has 0 fully saturated rings. The van der Waals surface area contributed by atoms with E-state index in [1.54, 1.807) is 0 Å². The summed E-state index contributed by atoms with van der Waals surface area (Å²) >= 11 is 1.40. The number of hydrogen-bond acceptors (Lipinski definition) is 4. The predicted octanol–water partition coefficient (Wildman–Crippen LogP) is 3.24. The molecule has 122 valence electrons. The van der Waals surface area contributed by atoms with Crippen LogP contribution in [0.3, 0.4) is 0 Å². The van der Waals surface area contributed by atoms with Gasteiger partial charge in [-0.25, -0.2) is 9.97 Å². The molecule has 0 aliphatic rings. The number of benzene rings is 1. The number of amides is 1. The zero-order chi connectivity index (χ0) is 16.8. The molecule has 2 rings (SSSR count). The topological polar surface area (TPSA) is 54.9 Å². The van der Waals surface area contributed by atoms with Crippen LogP contribution < -0.4 is 5.32 Å². The van der Waals surface area contributed by atoms with Gasteiger partial charge in [0, 0.05) is 17.9 Å². The van der Waals surface area contributed by atoms with Crippen molar-refractivity contribution in [1.82, 2.24) is 15.3 Å². The maximum atomic E-state index is 12.2. The van der Waals surface area contributed by atoms with E-state index in [0.717, 1.165) is 23.4 Å². The quantitative estimate of drug-likeness (QED) is 0.653. The molecule has 0 spiro atoms. The van der Waals surface area contributed by atoms with Gasteiger partial charge >= 0.3 is 0 Å². The minimum Gasteiger partial charge on any atom is -0.355 e. The van der Waals surface area contributed by atoms with E-state index in [-0.39, 0.29) is 11.2 Å². The number of hydrogen-bond donors (Lipinski definition) is 1. The Bertz CT molecular complexity index is 650. The molecular weight excluding hydrogens is 306 g/mol. The first-order chi connectivity index (χ1) is 11.0. The highest BCUT2D eigenvalue weighted by molar-refractivity contribution is 8.00. The van der Waals surface area contributed by atoms with Gasteiger partial charge in [0.1, 0.15) is 0 Å². The minimum absolute atomic E-state index is 0.0189. The van der Waals surface area contributed by atoms with E-state index in [0.29, 0.717) is 11.7 Å². The Hall–Kier alpha value is -1.88. The van der Waals surface area contributed by atoms with Crippen molar-refractivity contribution >= 4 is 17.7 Å². The Balaban J connectivity index is 1.85. The maximum absolute atomic E-state index is 12.2. The second kappa shape index (κ2) is 8.11. The van der Waals surface area contributed by atoms with Crippen LogP contribution in [0, 0.1) is 20.8 Å². The largest absolute Gasteiger partial charge is 0.355 e. The average Bonchev–Trinajstić information content (AvgIpc) is 2.53. The molecule has 0 saturated heterocycles. The first-order valence-corrected chi connectivity index (χ1v) is 8.65. The third-order valence-corrected chi connectivity index (χ3v) is 4.78. The third kappa shape index (κ3) is 5.06. The Kier molecular flexibility index (Phi) is 6.16. The summed E-state index contributed by atoms with van der Waals surface area (Å²) in [6, 6.07) is 10.1. The molecule has 0 saturated carbocycles. The summed E-state index contributed by atoms with van der Waals surface area (Å²) in [5, 5.41) is 3.42. The van der Waals surface area contributed by atoms with Crippen LogP contribution in [0.2, 0.25) is 0 Å². The number of carbonyl (C=O) groups excluding carboxylic acids is 1. The fraction of sp³-hybridized carbons (Fsp3) is 0.389. The van der Waals surface area contributed by atoms with E-state index in [1.165, 1.54) is 17.3 Å². The molecule has 0 unspecified atom stereocenters. The van der Waals surface area contributed by atoms with E-state index in [2.05, 4.69) is 27.4 Å². The number of aromatic nitrogens is 2. The molecule has 23 heavy (non-hydrogen) atoms. The number of nitrogens with zero attached hydrogens (tertiary/aromatic N) is 2. The molecule has 5 heteroatoms. The zero-order valence-electron chi connectivity index (χ0n) is 14.1. The van der Waals surface area contributed by atoms with Crippen LogP contribution in [0.1, 0.15) is 29.4 Å².